The van der Waals surface area contributed by atoms with Crippen LogP contribution in [0.1, 0.15) is 57.0 Å². The van der Waals surface area contributed by atoms with Gasteiger partial charge in [0.15, 0.2) is 0 Å². The lowest BCUT2D eigenvalue weighted by molar-refractivity contribution is -0.122. The summed E-state index contributed by atoms with van der Waals surface area (Å²) in [6.07, 6.45) is 3.85. The molecule has 1 aliphatic rings. The Morgan fingerprint density at radius 2 is 1.96 bits per heavy atom. The van der Waals surface area contributed by atoms with Crippen LogP contribution < -0.4 is 11.1 Å². The van der Waals surface area contributed by atoms with Gasteiger partial charge in [-0.3, -0.25) is 4.79 Å². The molecule has 142 valence electrons. The van der Waals surface area contributed by atoms with Crippen molar-refractivity contribution in [2.75, 3.05) is 5.32 Å². The average Bonchev–Trinajstić information content (AvgIpc) is 3.04. The Kier molecular flexibility index (Phi) is 6.42. The molecule has 0 aliphatic heterocycles. The second-order valence-corrected chi connectivity index (χ2v) is 8.67. The Hall–Kier alpha value is -1.50. The molecule has 2 aromatic rings. The third kappa shape index (κ3) is 4.24. The number of nitrogens with zero attached hydrogens (tertiary/aromatic N) is 2. The van der Waals surface area contributed by atoms with Crippen LogP contribution in [0.4, 0.5) is 5.13 Å². The number of benzene rings is 1. The van der Waals surface area contributed by atoms with E-state index in [2.05, 4.69) is 41.5 Å². The summed E-state index contributed by atoms with van der Waals surface area (Å²) < 4.78 is 0. The number of halogens is 1. The van der Waals surface area contributed by atoms with Crippen molar-refractivity contribution in [3.63, 3.8) is 0 Å². The molecule has 2 unspecified atom stereocenters. The first-order valence-corrected chi connectivity index (χ1v) is 9.61. The van der Waals surface area contributed by atoms with Crippen LogP contribution in [0.5, 0.6) is 0 Å². The lowest BCUT2D eigenvalue weighted by Gasteiger charge is -2.36. The first kappa shape index (κ1) is 20.8. The van der Waals surface area contributed by atoms with Crippen molar-refractivity contribution < 1.29 is 4.79 Å². The molecule has 0 bridgehead atoms. The number of carbonyl (C=O) groups is 1. The second-order valence-electron chi connectivity index (χ2n) is 7.70. The third-order valence-corrected chi connectivity index (χ3v) is 6.42. The van der Waals surface area contributed by atoms with Gasteiger partial charge in [-0.2, -0.15) is 0 Å². The van der Waals surface area contributed by atoms with Crippen molar-refractivity contribution in [3.05, 3.63) is 40.9 Å². The maximum Gasteiger partial charge on any atom is 0.231 e. The minimum atomic E-state index is -0.445. The predicted octanol–water partition coefficient (Wildman–Crippen LogP) is 4.13. The zero-order valence-corrected chi connectivity index (χ0v) is 17.1. The molecule has 26 heavy (non-hydrogen) atoms. The molecule has 1 aliphatic carbocycles. The molecule has 3 rings (SSSR count). The summed E-state index contributed by atoms with van der Waals surface area (Å²) in [5, 5.41) is 12.9. The van der Waals surface area contributed by atoms with E-state index in [0.29, 0.717) is 5.13 Å². The number of anilines is 1. The second kappa shape index (κ2) is 8.03. The molecule has 5 nitrogen and oxygen atoms in total. The standard InChI is InChI=1S/C19H26N4OS.ClH/c1-18(2,13-9-5-4-6-10-13)16-22-23-17(25-16)21-15(24)14-11-7-8-12-19(14,3)20;/h4-6,9-10,14H,7-8,11-12,20H2,1-3H3,(H,21,23,24);1H. The normalized spacial score (nSPS) is 23.2. The summed E-state index contributed by atoms with van der Waals surface area (Å²) in [5.74, 6) is -0.208. The summed E-state index contributed by atoms with van der Waals surface area (Å²) >= 11 is 1.43. The van der Waals surface area contributed by atoms with Gasteiger partial charge in [0.1, 0.15) is 5.01 Å². The number of hydrogen-bond acceptors (Lipinski definition) is 5. The lowest BCUT2D eigenvalue weighted by atomic mass is 9.74. The molecule has 7 heteroatoms. The van der Waals surface area contributed by atoms with Gasteiger partial charge in [-0.25, -0.2) is 0 Å². The van der Waals surface area contributed by atoms with Crippen LogP contribution in [-0.4, -0.2) is 21.6 Å². The summed E-state index contributed by atoms with van der Waals surface area (Å²) in [6.45, 7) is 6.21. The first-order valence-electron chi connectivity index (χ1n) is 8.80. The van der Waals surface area contributed by atoms with Gasteiger partial charge in [0.05, 0.1) is 5.92 Å². The number of amides is 1. The van der Waals surface area contributed by atoms with Gasteiger partial charge in [-0.1, -0.05) is 54.5 Å². The average molecular weight is 395 g/mol. The van der Waals surface area contributed by atoms with E-state index in [-0.39, 0.29) is 29.6 Å². The Balaban J connectivity index is 0.00000243. The van der Waals surface area contributed by atoms with Gasteiger partial charge in [0.25, 0.3) is 0 Å². The minimum Gasteiger partial charge on any atom is -0.325 e. The van der Waals surface area contributed by atoms with Gasteiger partial charge >= 0.3 is 0 Å². The van der Waals surface area contributed by atoms with E-state index in [0.717, 1.165) is 30.7 Å². The molecule has 3 N–H and O–H groups in total. The smallest absolute Gasteiger partial charge is 0.231 e. The third-order valence-electron chi connectivity index (χ3n) is 5.26. The van der Waals surface area contributed by atoms with Crippen molar-refractivity contribution in [2.24, 2.45) is 11.7 Å². The highest BCUT2D eigenvalue weighted by Gasteiger charge is 2.38. The topological polar surface area (TPSA) is 80.9 Å². The van der Waals surface area contributed by atoms with E-state index < -0.39 is 5.54 Å². The van der Waals surface area contributed by atoms with Crippen LogP contribution in [0, 0.1) is 5.92 Å². The van der Waals surface area contributed by atoms with E-state index in [9.17, 15) is 4.79 Å². The fourth-order valence-electron chi connectivity index (χ4n) is 3.49. The van der Waals surface area contributed by atoms with E-state index in [4.69, 9.17) is 5.73 Å². The summed E-state index contributed by atoms with van der Waals surface area (Å²) in [7, 11) is 0. The van der Waals surface area contributed by atoms with E-state index in [1.807, 2.05) is 25.1 Å². The Morgan fingerprint density at radius 1 is 1.27 bits per heavy atom. The van der Waals surface area contributed by atoms with Crippen LogP contribution in [0.25, 0.3) is 0 Å². The predicted molar refractivity (Wildman–Crippen MR) is 109 cm³/mol. The van der Waals surface area contributed by atoms with Crippen LogP contribution >= 0.6 is 23.7 Å². The maximum atomic E-state index is 12.7. The molecule has 1 fully saturated rings. The van der Waals surface area contributed by atoms with Crippen LogP contribution in [-0.2, 0) is 10.2 Å². The fourth-order valence-corrected chi connectivity index (χ4v) is 4.36. The van der Waals surface area contributed by atoms with Crippen molar-refractivity contribution in [1.29, 1.82) is 0 Å². The van der Waals surface area contributed by atoms with Gasteiger partial charge in [0.2, 0.25) is 11.0 Å². The maximum absolute atomic E-state index is 12.7. The number of carbonyl (C=O) groups excluding carboxylic acids is 1. The van der Waals surface area contributed by atoms with Crippen molar-refractivity contribution in [1.82, 2.24) is 10.2 Å². The highest BCUT2D eigenvalue weighted by atomic mass is 35.5. The first-order chi connectivity index (χ1) is 11.8. The number of hydrogen-bond donors (Lipinski definition) is 2. The highest BCUT2D eigenvalue weighted by molar-refractivity contribution is 7.15. The number of nitrogens with two attached hydrogens (primary N) is 1. The van der Waals surface area contributed by atoms with Crippen molar-refractivity contribution >= 4 is 34.8 Å². The molecule has 1 heterocycles. The summed E-state index contributed by atoms with van der Waals surface area (Å²) in [4.78, 5) is 12.7. The van der Waals surface area contributed by atoms with Gasteiger partial charge in [0, 0.05) is 11.0 Å². The Labute approximate surface area is 165 Å². The molecule has 0 saturated heterocycles. The largest absolute Gasteiger partial charge is 0.325 e. The number of nitrogens with one attached hydrogen (secondary N) is 1. The van der Waals surface area contributed by atoms with Gasteiger partial charge in [-0.15, -0.1) is 22.6 Å². The molecule has 1 amide bonds. The van der Waals surface area contributed by atoms with E-state index >= 15 is 0 Å². The fraction of sp³-hybridized carbons (Fsp3) is 0.526. The molecule has 1 saturated carbocycles. The molecular formula is C19H27ClN4OS. The molecule has 0 radical (unpaired) electrons. The molecule has 2 atom stereocenters. The molecule has 1 aromatic heterocycles. The quantitative estimate of drug-likeness (QED) is 0.816. The lowest BCUT2D eigenvalue weighted by Crippen LogP contribution is -2.51. The highest BCUT2D eigenvalue weighted by Crippen LogP contribution is 2.36. The van der Waals surface area contributed by atoms with E-state index in [1.54, 1.807) is 0 Å². The monoisotopic (exact) mass is 394 g/mol. The minimum absolute atomic E-state index is 0. The van der Waals surface area contributed by atoms with Crippen LogP contribution in [0.15, 0.2) is 30.3 Å². The zero-order valence-electron chi connectivity index (χ0n) is 15.5. The number of rotatable bonds is 4. The summed E-state index contributed by atoms with van der Waals surface area (Å²) in [6, 6.07) is 10.2. The number of aromatic nitrogens is 2. The summed E-state index contributed by atoms with van der Waals surface area (Å²) in [5.41, 5.74) is 6.81. The molecule has 1 aromatic carbocycles. The van der Waals surface area contributed by atoms with Crippen molar-refractivity contribution in [2.45, 2.75) is 57.4 Å². The Bertz CT molecular complexity index is 745. The van der Waals surface area contributed by atoms with Crippen molar-refractivity contribution in [3.8, 4) is 0 Å². The molecular weight excluding hydrogens is 368 g/mol. The van der Waals surface area contributed by atoms with Gasteiger partial charge in [-0.05, 0) is 39.2 Å². The zero-order chi connectivity index (χ0) is 18.1. The Morgan fingerprint density at radius 3 is 2.62 bits per heavy atom. The molecule has 0 spiro atoms. The van der Waals surface area contributed by atoms with Crippen LogP contribution in [0.3, 0.4) is 0 Å². The SMILES string of the molecule is CC(C)(c1ccccc1)c1nnc(NC(=O)C2CCCCC2(C)N)s1.Cl. The van der Waals surface area contributed by atoms with Gasteiger partial charge < -0.3 is 11.1 Å². The van der Waals surface area contributed by atoms with Crippen LogP contribution in [0.2, 0.25) is 0 Å². The van der Waals surface area contributed by atoms with E-state index in [1.165, 1.54) is 16.9 Å².